The highest BCUT2D eigenvalue weighted by Crippen LogP contribution is 2.28. The molecule has 5 nitrogen and oxygen atoms in total. The monoisotopic (exact) mass is 281 g/mol. The van der Waals surface area contributed by atoms with E-state index < -0.39 is 5.82 Å². The molecule has 3 rings (SSSR count). The van der Waals surface area contributed by atoms with Gasteiger partial charge in [0, 0.05) is 17.2 Å². The number of nitrogens with two attached hydrogens (primary N) is 1. The molecule has 0 amide bonds. The van der Waals surface area contributed by atoms with Crippen molar-refractivity contribution >= 4 is 17.4 Å². The molecule has 2 heterocycles. The summed E-state index contributed by atoms with van der Waals surface area (Å²) in [6, 6.07) is 4.24. The van der Waals surface area contributed by atoms with Crippen LogP contribution in [0.25, 0.3) is 11.5 Å². The SMILES string of the molecule is Nc1ccc(F)c(-c2nc(C3CSCCO3)no2)c1. The summed E-state index contributed by atoms with van der Waals surface area (Å²) in [6.45, 7) is 0.659. The van der Waals surface area contributed by atoms with Gasteiger partial charge in [-0.1, -0.05) is 5.16 Å². The first-order valence-corrected chi connectivity index (χ1v) is 6.98. The van der Waals surface area contributed by atoms with Gasteiger partial charge in [-0.05, 0) is 18.2 Å². The Morgan fingerprint density at radius 3 is 3.11 bits per heavy atom. The van der Waals surface area contributed by atoms with E-state index in [1.807, 2.05) is 0 Å². The van der Waals surface area contributed by atoms with Crippen LogP contribution in [0.3, 0.4) is 0 Å². The van der Waals surface area contributed by atoms with Crippen LogP contribution in [-0.4, -0.2) is 28.3 Å². The Bertz CT molecular complexity index is 584. The summed E-state index contributed by atoms with van der Waals surface area (Å²) in [5.41, 5.74) is 6.29. The Hall–Kier alpha value is -1.60. The molecular weight excluding hydrogens is 269 g/mol. The zero-order valence-electron chi connectivity index (χ0n) is 10.0. The zero-order chi connectivity index (χ0) is 13.2. The van der Waals surface area contributed by atoms with Crippen LogP contribution in [0.5, 0.6) is 0 Å². The van der Waals surface area contributed by atoms with Crippen LogP contribution in [-0.2, 0) is 4.74 Å². The molecular formula is C12H12FN3O2S. The molecule has 1 aromatic heterocycles. The van der Waals surface area contributed by atoms with E-state index in [4.69, 9.17) is 15.0 Å². The summed E-state index contributed by atoms with van der Waals surface area (Å²) in [5, 5.41) is 3.86. The maximum atomic E-state index is 13.7. The molecule has 0 aliphatic carbocycles. The number of hydrogen-bond donors (Lipinski definition) is 1. The molecule has 1 unspecified atom stereocenters. The number of halogens is 1. The molecule has 1 atom stereocenters. The fourth-order valence-electron chi connectivity index (χ4n) is 1.82. The van der Waals surface area contributed by atoms with Gasteiger partial charge in [-0.25, -0.2) is 4.39 Å². The molecule has 7 heteroatoms. The molecule has 1 fully saturated rings. The molecule has 1 saturated heterocycles. The fourth-order valence-corrected chi connectivity index (χ4v) is 2.66. The number of benzene rings is 1. The Kier molecular flexibility index (Phi) is 3.39. The van der Waals surface area contributed by atoms with Crippen molar-refractivity contribution in [3.63, 3.8) is 0 Å². The molecule has 0 saturated carbocycles. The van der Waals surface area contributed by atoms with Gasteiger partial charge in [-0.2, -0.15) is 16.7 Å². The molecule has 0 spiro atoms. The second-order valence-electron chi connectivity index (χ2n) is 4.13. The molecule has 1 aromatic carbocycles. The quantitative estimate of drug-likeness (QED) is 0.851. The molecule has 19 heavy (non-hydrogen) atoms. The lowest BCUT2D eigenvalue weighted by Gasteiger charge is -2.18. The maximum absolute atomic E-state index is 13.7. The minimum absolute atomic E-state index is 0.124. The normalized spacial score (nSPS) is 19.5. The van der Waals surface area contributed by atoms with Crippen molar-refractivity contribution in [1.29, 1.82) is 0 Å². The summed E-state index contributed by atoms with van der Waals surface area (Å²) in [7, 11) is 0. The van der Waals surface area contributed by atoms with Crippen molar-refractivity contribution in [2.45, 2.75) is 6.10 Å². The lowest BCUT2D eigenvalue weighted by atomic mass is 10.2. The van der Waals surface area contributed by atoms with E-state index in [9.17, 15) is 4.39 Å². The minimum Gasteiger partial charge on any atom is -0.399 e. The van der Waals surface area contributed by atoms with Gasteiger partial charge in [0.1, 0.15) is 11.9 Å². The molecule has 2 aromatic rings. The van der Waals surface area contributed by atoms with Crippen LogP contribution in [0.15, 0.2) is 22.7 Å². The van der Waals surface area contributed by atoms with Crippen LogP contribution in [0.1, 0.15) is 11.9 Å². The first kappa shape index (κ1) is 12.4. The lowest BCUT2D eigenvalue weighted by Crippen LogP contribution is -2.16. The summed E-state index contributed by atoms with van der Waals surface area (Å²) < 4.78 is 24.3. The molecule has 100 valence electrons. The Morgan fingerprint density at radius 1 is 1.42 bits per heavy atom. The Balaban J connectivity index is 1.89. The van der Waals surface area contributed by atoms with Gasteiger partial charge < -0.3 is 15.0 Å². The molecule has 2 N–H and O–H groups in total. The van der Waals surface area contributed by atoms with Crippen molar-refractivity contribution in [3.05, 3.63) is 29.8 Å². The first-order chi connectivity index (χ1) is 9.24. The van der Waals surface area contributed by atoms with Gasteiger partial charge in [0.2, 0.25) is 5.82 Å². The van der Waals surface area contributed by atoms with Gasteiger partial charge in [0.15, 0.2) is 0 Å². The molecule has 1 aliphatic heterocycles. The summed E-state index contributed by atoms with van der Waals surface area (Å²) in [4.78, 5) is 4.19. The number of nitrogens with zero attached hydrogens (tertiary/aromatic N) is 2. The van der Waals surface area contributed by atoms with E-state index >= 15 is 0 Å². The van der Waals surface area contributed by atoms with E-state index in [-0.39, 0.29) is 17.6 Å². The number of thioether (sulfide) groups is 1. The maximum Gasteiger partial charge on any atom is 0.261 e. The van der Waals surface area contributed by atoms with Gasteiger partial charge >= 0.3 is 0 Å². The largest absolute Gasteiger partial charge is 0.399 e. The third-order valence-electron chi connectivity index (χ3n) is 2.77. The van der Waals surface area contributed by atoms with Gasteiger partial charge in [0.25, 0.3) is 5.89 Å². The molecule has 0 bridgehead atoms. The highest BCUT2D eigenvalue weighted by Gasteiger charge is 2.23. The van der Waals surface area contributed by atoms with E-state index in [1.165, 1.54) is 18.2 Å². The average Bonchev–Trinajstić information content (AvgIpc) is 2.92. The number of rotatable bonds is 2. The number of nitrogen functional groups attached to an aromatic ring is 1. The number of ether oxygens (including phenoxy) is 1. The van der Waals surface area contributed by atoms with Crippen molar-refractivity contribution in [3.8, 4) is 11.5 Å². The predicted octanol–water partition coefficient (Wildman–Crippen LogP) is 2.26. The van der Waals surface area contributed by atoms with E-state index in [2.05, 4.69) is 10.1 Å². The Labute approximate surface area is 113 Å². The van der Waals surface area contributed by atoms with E-state index in [0.29, 0.717) is 18.1 Å². The van der Waals surface area contributed by atoms with Crippen LogP contribution in [0, 0.1) is 5.82 Å². The fraction of sp³-hybridized carbons (Fsp3) is 0.333. The summed E-state index contributed by atoms with van der Waals surface area (Å²) in [5.74, 6) is 1.87. The standard InChI is InChI=1S/C12H12FN3O2S/c13-9-2-1-7(14)5-8(9)12-15-11(16-18-12)10-6-19-4-3-17-10/h1-2,5,10H,3-4,6,14H2. The van der Waals surface area contributed by atoms with Crippen molar-refractivity contribution < 1.29 is 13.7 Å². The number of anilines is 1. The highest BCUT2D eigenvalue weighted by atomic mass is 32.2. The number of aromatic nitrogens is 2. The topological polar surface area (TPSA) is 74.2 Å². The van der Waals surface area contributed by atoms with Gasteiger partial charge in [-0.3, -0.25) is 0 Å². The first-order valence-electron chi connectivity index (χ1n) is 5.82. The zero-order valence-corrected chi connectivity index (χ0v) is 10.8. The minimum atomic E-state index is -0.441. The lowest BCUT2D eigenvalue weighted by molar-refractivity contribution is 0.0677. The molecule has 0 radical (unpaired) electrons. The second kappa shape index (κ2) is 5.18. The summed E-state index contributed by atoms with van der Waals surface area (Å²) in [6.07, 6.45) is -0.194. The van der Waals surface area contributed by atoms with Crippen LogP contribution in [0.4, 0.5) is 10.1 Å². The average molecular weight is 281 g/mol. The predicted molar refractivity (Wildman–Crippen MR) is 70.1 cm³/mol. The van der Waals surface area contributed by atoms with Crippen molar-refractivity contribution in [2.24, 2.45) is 0 Å². The Morgan fingerprint density at radius 2 is 2.32 bits per heavy atom. The summed E-state index contributed by atoms with van der Waals surface area (Å²) >= 11 is 1.77. The van der Waals surface area contributed by atoms with Gasteiger partial charge in [-0.15, -0.1) is 0 Å². The van der Waals surface area contributed by atoms with Crippen LogP contribution in [0.2, 0.25) is 0 Å². The van der Waals surface area contributed by atoms with Crippen LogP contribution >= 0.6 is 11.8 Å². The van der Waals surface area contributed by atoms with Crippen molar-refractivity contribution in [1.82, 2.24) is 10.1 Å². The van der Waals surface area contributed by atoms with E-state index in [0.717, 1.165) is 11.5 Å². The third-order valence-corrected chi connectivity index (χ3v) is 3.76. The van der Waals surface area contributed by atoms with Gasteiger partial charge in [0.05, 0.1) is 12.2 Å². The van der Waals surface area contributed by atoms with Crippen LogP contribution < -0.4 is 5.73 Å². The second-order valence-corrected chi connectivity index (χ2v) is 5.28. The van der Waals surface area contributed by atoms with Crippen molar-refractivity contribution in [2.75, 3.05) is 23.8 Å². The number of hydrogen-bond acceptors (Lipinski definition) is 6. The van der Waals surface area contributed by atoms with E-state index in [1.54, 1.807) is 11.8 Å². The molecule has 1 aliphatic rings. The smallest absolute Gasteiger partial charge is 0.261 e. The third kappa shape index (κ3) is 2.57. The highest BCUT2D eigenvalue weighted by molar-refractivity contribution is 7.99.